The molecule has 0 radical (unpaired) electrons. The van der Waals surface area contributed by atoms with E-state index in [0.717, 1.165) is 0 Å². The quantitative estimate of drug-likeness (QED) is 0.773. The van der Waals surface area contributed by atoms with Crippen molar-refractivity contribution in [2.75, 3.05) is 19.8 Å². The van der Waals surface area contributed by atoms with Crippen LogP contribution in [0.5, 0.6) is 5.75 Å². The standard InChI is InChI=1S/C12H10ClFO3/c13-11-8-5-7(14)1-2-10(8)17-6-9(11)12-15-3-4-16-12/h1-2,5,12H,3-4,6H2. The highest BCUT2D eigenvalue weighted by Gasteiger charge is 2.29. The van der Waals surface area contributed by atoms with E-state index in [0.29, 0.717) is 41.7 Å². The van der Waals surface area contributed by atoms with Crippen LogP contribution in [0.3, 0.4) is 0 Å². The fraction of sp³-hybridized carbons (Fsp3) is 0.333. The summed E-state index contributed by atoms with van der Waals surface area (Å²) < 4.78 is 29.4. The van der Waals surface area contributed by atoms with Crippen LogP contribution in [0.15, 0.2) is 23.8 Å². The summed E-state index contributed by atoms with van der Waals surface area (Å²) in [7, 11) is 0. The molecule has 0 atom stereocenters. The van der Waals surface area contributed by atoms with Gasteiger partial charge in [-0.15, -0.1) is 0 Å². The maximum Gasteiger partial charge on any atom is 0.185 e. The normalized spacial score (nSPS) is 20.4. The molecule has 2 aliphatic heterocycles. The average molecular weight is 257 g/mol. The minimum atomic E-state index is -0.473. The first-order valence-corrected chi connectivity index (χ1v) is 5.68. The predicted octanol–water partition coefficient (Wildman–Crippen LogP) is 2.54. The molecular weight excluding hydrogens is 247 g/mol. The molecule has 3 rings (SSSR count). The van der Waals surface area contributed by atoms with Crippen molar-refractivity contribution in [3.8, 4) is 5.75 Å². The Morgan fingerprint density at radius 1 is 1.24 bits per heavy atom. The third kappa shape index (κ3) is 1.92. The van der Waals surface area contributed by atoms with E-state index in [1.165, 1.54) is 12.1 Å². The molecule has 0 N–H and O–H groups in total. The molecular formula is C12H10ClFO3. The highest BCUT2D eigenvalue weighted by Crippen LogP contribution is 2.38. The molecule has 17 heavy (non-hydrogen) atoms. The molecule has 90 valence electrons. The second-order valence-electron chi connectivity index (χ2n) is 3.84. The lowest BCUT2D eigenvalue weighted by atomic mass is 10.1. The van der Waals surface area contributed by atoms with E-state index in [1.807, 2.05) is 0 Å². The molecule has 3 nitrogen and oxygen atoms in total. The van der Waals surface area contributed by atoms with E-state index >= 15 is 0 Å². The highest BCUT2D eigenvalue weighted by atomic mass is 35.5. The van der Waals surface area contributed by atoms with Gasteiger partial charge in [-0.2, -0.15) is 0 Å². The van der Waals surface area contributed by atoms with Crippen molar-refractivity contribution in [2.45, 2.75) is 6.29 Å². The van der Waals surface area contributed by atoms with Crippen LogP contribution in [-0.4, -0.2) is 26.1 Å². The Kier molecular flexibility index (Phi) is 2.78. The van der Waals surface area contributed by atoms with Gasteiger partial charge in [-0.25, -0.2) is 4.39 Å². The predicted molar refractivity (Wildman–Crippen MR) is 60.4 cm³/mol. The molecule has 1 aromatic rings. The van der Waals surface area contributed by atoms with Crippen LogP contribution in [-0.2, 0) is 9.47 Å². The van der Waals surface area contributed by atoms with Gasteiger partial charge in [0.1, 0.15) is 18.2 Å². The minimum Gasteiger partial charge on any atom is -0.488 e. The van der Waals surface area contributed by atoms with Gasteiger partial charge in [-0.05, 0) is 18.2 Å². The van der Waals surface area contributed by atoms with Gasteiger partial charge in [-0.3, -0.25) is 0 Å². The first kappa shape index (κ1) is 11.0. The molecule has 0 aliphatic carbocycles. The van der Waals surface area contributed by atoms with Crippen LogP contribution in [0, 0.1) is 5.82 Å². The summed E-state index contributed by atoms with van der Waals surface area (Å²) in [5.74, 6) is 0.234. The molecule has 0 saturated carbocycles. The Hall–Kier alpha value is -1.10. The van der Waals surface area contributed by atoms with Gasteiger partial charge >= 0.3 is 0 Å². The molecule has 0 unspecified atom stereocenters. The first-order valence-electron chi connectivity index (χ1n) is 5.30. The average Bonchev–Trinajstić information content (AvgIpc) is 2.84. The highest BCUT2D eigenvalue weighted by molar-refractivity contribution is 6.49. The van der Waals surface area contributed by atoms with E-state index in [2.05, 4.69) is 0 Å². The maximum absolute atomic E-state index is 13.2. The van der Waals surface area contributed by atoms with Crippen molar-refractivity contribution < 1.29 is 18.6 Å². The molecule has 0 spiro atoms. The third-order valence-corrected chi connectivity index (χ3v) is 3.20. The second-order valence-corrected chi connectivity index (χ2v) is 4.22. The number of hydrogen-bond donors (Lipinski definition) is 0. The van der Waals surface area contributed by atoms with E-state index in [4.69, 9.17) is 25.8 Å². The zero-order valence-corrected chi connectivity index (χ0v) is 9.67. The van der Waals surface area contributed by atoms with Crippen LogP contribution in [0.4, 0.5) is 4.39 Å². The lowest BCUT2D eigenvalue weighted by Gasteiger charge is -2.23. The molecule has 2 heterocycles. The minimum absolute atomic E-state index is 0.308. The van der Waals surface area contributed by atoms with Crippen molar-refractivity contribution in [3.63, 3.8) is 0 Å². The molecule has 0 aromatic heterocycles. The zero-order chi connectivity index (χ0) is 11.8. The largest absolute Gasteiger partial charge is 0.488 e. The Morgan fingerprint density at radius 2 is 2.00 bits per heavy atom. The van der Waals surface area contributed by atoms with Crippen molar-refractivity contribution in [1.82, 2.24) is 0 Å². The van der Waals surface area contributed by atoms with Gasteiger partial charge in [0.15, 0.2) is 6.29 Å². The van der Waals surface area contributed by atoms with Crippen LogP contribution in [0.2, 0.25) is 0 Å². The van der Waals surface area contributed by atoms with E-state index < -0.39 is 6.29 Å². The molecule has 1 saturated heterocycles. The van der Waals surface area contributed by atoms with Crippen molar-refractivity contribution >= 4 is 16.6 Å². The maximum atomic E-state index is 13.2. The number of ether oxygens (including phenoxy) is 3. The summed E-state index contributed by atoms with van der Waals surface area (Å²) in [4.78, 5) is 0. The summed E-state index contributed by atoms with van der Waals surface area (Å²) in [5, 5.41) is 0.456. The monoisotopic (exact) mass is 256 g/mol. The van der Waals surface area contributed by atoms with Crippen molar-refractivity contribution in [3.05, 3.63) is 35.2 Å². The lowest BCUT2D eigenvalue weighted by Crippen LogP contribution is -2.21. The Balaban J connectivity index is 2.03. The van der Waals surface area contributed by atoms with Gasteiger partial charge in [0.25, 0.3) is 0 Å². The number of hydrogen-bond acceptors (Lipinski definition) is 3. The van der Waals surface area contributed by atoms with Gasteiger partial charge < -0.3 is 14.2 Å². The van der Waals surface area contributed by atoms with Gasteiger partial charge in [0, 0.05) is 11.1 Å². The lowest BCUT2D eigenvalue weighted by molar-refractivity contribution is -0.0164. The summed E-state index contributed by atoms with van der Waals surface area (Å²) in [6, 6.07) is 4.27. The Bertz CT molecular complexity index is 481. The molecule has 2 aliphatic rings. The summed E-state index contributed by atoms with van der Waals surface area (Å²) in [6.45, 7) is 1.38. The second kappa shape index (κ2) is 4.29. The zero-order valence-electron chi connectivity index (χ0n) is 8.91. The topological polar surface area (TPSA) is 27.7 Å². The number of halogens is 2. The van der Waals surface area contributed by atoms with Gasteiger partial charge in [-0.1, -0.05) is 11.6 Å². The summed E-state index contributed by atoms with van der Waals surface area (Å²) in [5.41, 5.74) is 1.26. The molecule has 0 amide bonds. The van der Waals surface area contributed by atoms with Crippen LogP contribution < -0.4 is 4.74 Å². The summed E-state index contributed by atoms with van der Waals surface area (Å²) >= 11 is 6.24. The van der Waals surface area contributed by atoms with Crippen LogP contribution >= 0.6 is 11.6 Å². The third-order valence-electron chi connectivity index (χ3n) is 2.75. The molecule has 1 aromatic carbocycles. The van der Waals surface area contributed by atoms with Gasteiger partial charge in [0.05, 0.1) is 18.2 Å². The van der Waals surface area contributed by atoms with Gasteiger partial charge in [0.2, 0.25) is 0 Å². The number of rotatable bonds is 1. The van der Waals surface area contributed by atoms with Crippen molar-refractivity contribution in [2.24, 2.45) is 0 Å². The smallest absolute Gasteiger partial charge is 0.185 e. The SMILES string of the molecule is Fc1ccc2c(c1)C(Cl)=C(C1OCCO1)CO2. The Morgan fingerprint density at radius 3 is 2.76 bits per heavy atom. The fourth-order valence-corrected chi connectivity index (χ4v) is 2.21. The fourth-order valence-electron chi connectivity index (χ4n) is 1.92. The molecule has 5 heteroatoms. The first-order chi connectivity index (χ1) is 8.25. The Labute approximate surface area is 103 Å². The number of benzene rings is 1. The molecule has 0 bridgehead atoms. The van der Waals surface area contributed by atoms with Crippen LogP contribution in [0.1, 0.15) is 5.56 Å². The van der Waals surface area contributed by atoms with E-state index in [9.17, 15) is 4.39 Å². The van der Waals surface area contributed by atoms with E-state index in [-0.39, 0.29) is 5.82 Å². The summed E-state index contributed by atoms with van der Waals surface area (Å²) in [6.07, 6.45) is -0.473. The van der Waals surface area contributed by atoms with E-state index in [1.54, 1.807) is 6.07 Å². The van der Waals surface area contributed by atoms with Crippen molar-refractivity contribution in [1.29, 1.82) is 0 Å². The number of fused-ring (bicyclic) bond motifs is 1. The molecule has 1 fully saturated rings. The van der Waals surface area contributed by atoms with Crippen LogP contribution in [0.25, 0.3) is 5.03 Å².